The number of benzene rings is 1. The van der Waals surface area contributed by atoms with Gasteiger partial charge in [0.15, 0.2) is 0 Å². The lowest BCUT2D eigenvalue weighted by Gasteiger charge is -2.12. The molecular formula is C14H19ClN2O3S. The zero-order valence-electron chi connectivity index (χ0n) is 11.9. The Bertz CT molecular complexity index is 567. The van der Waals surface area contributed by atoms with Crippen molar-refractivity contribution < 1.29 is 13.2 Å². The Balaban J connectivity index is 2.66. The molecule has 7 heteroatoms. The highest BCUT2D eigenvalue weighted by Gasteiger charge is 2.19. The van der Waals surface area contributed by atoms with E-state index < -0.39 is 16.1 Å². The Kier molecular flexibility index (Phi) is 7.51. The number of ether oxygens (including phenoxy) is 1. The lowest BCUT2D eigenvalue weighted by atomic mass is 10.1. The maximum absolute atomic E-state index is 12.2. The molecule has 0 aliphatic carbocycles. The van der Waals surface area contributed by atoms with E-state index in [1.165, 1.54) is 19.2 Å². The van der Waals surface area contributed by atoms with E-state index in [9.17, 15) is 8.42 Å². The molecule has 5 nitrogen and oxygen atoms in total. The number of hydrogen-bond acceptors (Lipinski definition) is 4. The highest BCUT2D eigenvalue weighted by Crippen LogP contribution is 2.16. The van der Waals surface area contributed by atoms with Crippen molar-refractivity contribution in [2.75, 3.05) is 13.0 Å². The van der Waals surface area contributed by atoms with Gasteiger partial charge >= 0.3 is 0 Å². The van der Waals surface area contributed by atoms with E-state index >= 15 is 0 Å². The van der Waals surface area contributed by atoms with Gasteiger partial charge < -0.3 is 4.74 Å². The molecule has 1 unspecified atom stereocenters. The molecule has 1 aromatic rings. The number of nitriles is 1. The summed E-state index contributed by atoms with van der Waals surface area (Å²) in [6, 6.07) is 7.28. The van der Waals surface area contributed by atoms with Crippen LogP contribution in [0.5, 0.6) is 5.75 Å². The highest BCUT2D eigenvalue weighted by molar-refractivity contribution is 7.89. The molecule has 0 aromatic heterocycles. The second kappa shape index (κ2) is 8.88. The first kappa shape index (κ1) is 17.8. The number of alkyl halides is 1. The Morgan fingerprint density at radius 1 is 1.29 bits per heavy atom. The van der Waals surface area contributed by atoms with Gasteiger partial charge in [0, 0.05) is 5.88 Å². The van der Waals surface area contributed by atoms with Gasteiger partial charge in [-0.1, -0.05) is 12.8 Å². The fourth-order valence-electron chi connectivity index (χ4n) is 1.78. The molecular weight excluding hydrogens is 312 g/mol. The molecule has 0 aliphatic heterocycles. The molecule has 1 N–H and O–H groups in total. The van der Waals surface area contributed by atoms with Gasteiger partial charge in [-0.05, 0) is 37.1 Å². The molecule has 21 heavy (non-hydrogen) atoms. The van der Waals surface area contributed by atoms with Gasteiger partial charge in [0.25, 0.3) is 0 Å². The van der Waals surface area contributed by atoms with Gasteiger partial charge in [0.05, 0.1) is 18.1 Å². The number of nitrogens with one attached hydrogen (secondary N) is 1. The van der Waals surface area contributed by atoms with E-state index in [1.807, 2.05) is 6.07 Å². The summed E-state index contributed by atoms with van der Waals surface area (Å²) < 4.78 is 31.7. The van der Waals surface area contributed by atoms with E-state index in [1.54, 1.807) is 12.1 Å². The number of methoxy groups -OCH3 is 1. The largest absolute Gasteiger partial charge is 0.497 e. The molecule has 0 saturated heterocycles. The quantitative estimate of drug-likeness (QED) is 0.557. The summed E-state index contributed by atoms with van der Waals surface area (Å²) in [5.41, 5.74) is 0. The van der Waals surface area contributed by atoms with Crippen molar-refractivity contribution >= 4 is 21.6 Å². The minimum atomic E-state index is -3.69. The van der Waals surface area contributed by atoms with E-state index in [-0.39, 0.29) is 4.90 Å². The van der Waals surface area contributed by atoms with Crippen LogP contribution >= 0.6 is 11.6 Å². The average Bonchev–Trinajstić information content (AvgIpc) is 2.50. The van der Waals surface area contributed by atoms with E-state index in [0.29, 0.717) is 18.1 Å². The van der Waals surface area contributed by atoms with E-state index in [4.69, 9.17) is 21.6 Å². The van der Waals surface area contributed by atoms with Crippen LogP contribution in [-0.2, 0) is 10.0 Å². The minimum Gasteiger partial charge on any atom is -0.497 e. The first-order chi connectivity index (χ1) is 10.0. The van der Waals surface area contributed by atoms with Crippen molar-refractivity contribution in [2.24, 2.45) is 0 Å². The van der Waals surface area contributed by atoms with Crippen LogP contribution in [-0.4, -0.2) is 27.4 Å². The molecule has 0 bridgehead atoms. The van der Waals surface area contributed by atoms with Crippen LogP contribution in [0.15, 0.2) is 29.2 Å². The molecule has 0 aliphatic rings. The van der Waals surface area contributed by atoms with E-state index in [0.717, 1.165) is 19.3 Å². The van der Waals surface area contributed by atoms with Gasteiger partial charge in [0.2, 0.25) is 10.0 Å². The normalized spacial score (nSPS) is 12.6. The highest BCUT2D eigenvalue weighted by atomic mass is 35.5. The Hall–Kier alpha value is -1.29. The maximum atomic E-state index is 12.2. The van der Waals surface area contributed by atoms with Crippen LogP contribution in [0.25, 0.3) is 0 Å². The van der Waals surface area contributed by atoms with Crippen LogP contribution in [0, 0.1) is 11.3 Å². The minimum absolute atomic E-state index is 0.115. The van der Waals surface area contributed by atoms with Gasteiger partial charge in [-0.25, -0.2) is 8.42 Å². The predicted molar refractivity (Wildman–Crippen MR) is 81.9 cm³/mol. The summed E-state index contributed by atoms with van der Waals surface area (Å²) in [6.07, 6.45) is 2.98. The van der Waals surface area contributed by atoms with Crippen LogP contribution in [0.4, 0.5) is 0 Å². The molecule has 1 aromatic carbocycles. The molecule has 1 atom stereocenters. The second-order valence-corrected chi connectivity index (χ2v) is 6.61. The van der Waals surface area contributed by atoms with E-state index in [2.05, 4.69) is 4.72 Å². The van der Waals surface area contributed by atoms with Crippen molar-refractivity contribution in [3.63, 3.8) is 0 Å². The van der Waals surface area contributed by atoms with Gasteiger partial charge in [0.1, 0.15) is 11.8 Å². The Labute approximate surface area is 130 Å². The van der Waals surface area contributed by atoms with Gasteiger partial charge in [-0.15, -0.1) is 11.6 Å². The molecule has 1 rings (SSSR count). The third-order valence-electron chi connectivity index (χ3n) is 2.95. The standard InChI is InChI=1S/C14H19ClN2O3S/c1-20-13-6-8-14(9-7-13)21(18,19)17-12(11-16)5-3-2-4-10-15/h6-9,12,17H,2-5,10H2,1H3. The van der Waals surface area contributed by atoms with Crippen LogP contribution in [0.2, 0.25) is 0 Å². The lowest BCUT2D eigenvalue weighted by Crippen LogP contribution is -2.33. The van der Waals surface area contributed by atoms with Crippen molar-refractivity contribution in [1.29, 1.82) is 5.26 Å². The zero-order chi connectivity index (χ0) is 15.7. The number of sulfonamides is 1. The first-order valence-corrected chi connectivity index (χ1v) is 8.67. The number of rotatable bonds is 9. The summed E-state index contributed by atoms with van der Waals surface area (Å²) in [5.74, 6) is 1.15. The summed E-state index contributed by atoms with van der Waals surface area (Å²) in [7, 11) is -2.19. The third-order valence-corrected chi connectivity index (χ3v) is 4.70. The summed E-state index contributed by atoms with van der Waals surface area (Å²) in [5, 5.41) is 9.05. The average molecular weight is 331 g/mol. The maximum Gasteiger partial charge on any atom is 0.241 e. The van der Waals surface area contributed by atoms with Crippen molar-refractivity contribution in [3.8, 4) is 11.8 Å². The number of nitrogens with zero attached hydrogens (tertiary/aromatic N) is 1. The zero-order valence-corrected chi connectivity index (χ0v) is 13.5. The third kappa shape index (κ3) is 5.92. The Morgan fingerprint density at radius 2 is 1.95 bits per heavy atom. The van der Waals surface area contributed by atoms with Crippen LogP contribution in [0.1, 0.15) is 25.7 Å². The molecule has 0 heterocycles. The lowest BCUT2D eigenvalue weighted by molar-refractivity contribution is 0.414. The van der Waals surface area contributed by atoms with Gasteiger partial charge in [-0.3, -0.25) is 0 Å². The number of hydrogen-bond donors (Lipinski definition) is 1. The monoisotopic (exact) mass is 330 g/mol. The summed E-state index contributed by atoms with van der Waals surface area (Å²) in [6.45, 7) is 0. The van der Waals surface area contributed by atoms with Gasteiger partial charge in [-0.2, -0.15) is 9.98 Å². The topological polar surface area (TPSA) is 79.2 Å². The fraction of sp³-hybridized carbons (Fsp3) is 0.500. The molecule has 0 radical (unpaired) electrons. The fourth-order valence-corrected chi connectivity index (χ4v) is 3.14. The Morgan fingerprint density at radius 3 is 2.48 bits per heavy atom. The summed E-state index contributed by atoms with van der Waals surface area (Å²) >= 11 is 5.58. The predicted octanol–water partition coefficient (Wildman–Crippen LogP) is 2.66. The molecule has 116 valence electrons. The van der Waals surface area contributed by atoms with Crippen molar-refractivity contribution in [3.05, 3.63) is 24.3 Å². The van der Waals surface area contributed by atoms with Crippen LogP contribution in [0.3, 0.4) is 0 Å². The second-order valence-electron chi connectivity index (χ2n) is 4.52. The van der Waals surface area contributed by atoms with Crippen molar-refractivity contribution in [1.82, 2.24) is 4.72 Å². The number of unbranched alkanes of at least 4 members (excludes halogenated alkanes) is 2. The molecule has 0 amide bonds. The molecule has 0 spiro atoms. The molecule has 0 saturated carbocycles. The smallest absolute Gasteiger partial charge is 0.241 e. The first-order valence-electron chi connectivity index (χ1n) is 6.65. The number of halogens is 1. The SMILES string of the molecule is COc1ccc(S(=O)(=O)NC(C#N)CCCCCCl)cc1. The van der Waals surface area contributed by atoms with Crippen LogP contribution < -0.4 is 9.46 Å². The molecule has 0 fully saturated rings. The summed E-state index contributed by atoms with van der Waals surface area (Å²) in [4.78, 5) is 0.115. The van der Waals surface area contributed by atoms with Crippen molar-refractivity contribution in [2.45, 2.75) is 36.6 Å².